The van der Waals surface area contributed by atoms with E-state index in [4.69, 9.17) is 4.74 Å². The lowest BCUT2D eigenvalue weighted by Gasteiger charge is -2.06. The van der Waals surface area contributed by atoms with E-state index in [1.165, 1.54) is 12.1 Å². The predicted molar refractivity (Wildman–Crippen MR) is 63.2 cm³/mol. The van der Waals surface area contributed by atoms with Crippen LogP contribution in [0.4, 0.5) is 4.39 Å². The number of ether oxygens (including phenoxy) is 1. The molecule has 0 spiro atoms. The van der Waals surface area contributed by atoms with Gasteiger partial charge in [-0.15, -0.1) is 6.58 Å². The SMILES string of the molecule is C=C(C)CCOCc1ccc(F)cc1Br. The van der Waals surface area contributed by atoms with Crippen LogP contribution < -0.4 is 0 Å². The zero-order chi connectivity index (χ0) is 11.3. The van der Waals surface area contributed by atoms with Crippen molar-refractivity contribution in [3.8, 4) is 0 Å². The van der Waals surface area contributed by atoms with E-state index >= 15 is 0 Å². The lowest BCUT2D eigenvalue weighted by Crippen LogP contribution is -1.97. The highest BCUT2D eigenvalue weighted by Gasteiger charge is 2.01. The van der Waals surface area contributed by atoms with Crippen LogP contribution in [-0.2, 0) is 11.3 Å². The van der Waals surface area contributed by atoms with Crippen LogP contribution in [0, 0.1) is 5.82 Å². The van der Waals surface area contributed by atoms with E-state index in [1.54, 1.807) is 6.07 Å². The van der Waals surface area contributed by atoms with E-state index in [1.807, 2.05) is 6.92 Å². The Morgan fingerprint density at radius 1 is 1.53 bits per heavy atom. The van der Waals surface area contributed by atoms with Gasteiger partial charge in [0.1, 0.15) is 5.82 Å². The van der Waals surface area contributed by atoms with Crippen LogP contribution in [0.2, 0.25) is 0 Å². The van der Waals surface area contributed by atoms with Crippen molar-refractivity contribution in [3.63, 3.8) is 0 Å². The van der Waals surface area contributed by atoms with Crippen LogP contribution in [0.5, 0.6) is 0 Å². The zero-order valence-electron chi connectivity index (χ0n) is 8.72. The molecule has 0 fully saturated rings. The summed E-state index contributed by atoms with van der Waals surface area (Å²) in [6.45, 7) is 6.91. The van der Waals surface area contributed by atoms with Gasteiger partial charge in [0.25, 0.3) is 0 Å². The quantitative estimate of drug-likeness (QED) is 0.580. The summed E-state index contributed by atoms with van der Waals surface area (Å²) >= 11 is 3.29. The average molecular weight is 273 g/mol. The number of rotatable bonds is 5. The predicted octanol–water partition coefficient (Wildman–Crippen LogP) is 4.07. The molecule has 0 N–H and O–H groups in total. The van der Waals surface area contributed by atoms with E-state index in [9.17, 15) is 4.39 Å². The zero-order valence-corrected chi connectivity index (χ0v) is 10.3. The number of benzene rings is 1. The molecule has 1 nitrogen and oxygen atoms in total. The maximum absolute atomic E-state index is 12.8. The van der Waals surface area contributed by atoms with Crippen molar-refractivity contribution in [2.75, 3.05) is 6.61 Å². The fraction of sp³-hybridized carbons (Fsp3) is 0.333. The van der Waals surface area contributed by atoms with Gasteiger partial charge in [-0.2, -0.15) is 0 Å². The standard InChI is InChI=1S/C12H14BrFO/c1-9(2)5-6-15-8-10-3-4-11(14)7-12(10)13/h3-4,7H,1,5-6,8H2,2H3. The largest absolute Gasteiger partial charge is 0.376 e. The molecule has 0 unspecified atom stereocenters. The highest BCUT2D eigenvalue weighted by atomic mass is 79.9. The maximum atomic E-state index is 12.8. The second-order valence-corrected chi connectivity index (χ2v) is 4.35. The van der Waals surface area contributed by atoms with Crippen molar-refractivity contribution >= 4 is 15.9 Å². The molecule has 0 aliphatic heterocycles. The molecular formula is C12H14BrFO. The van der Waals surface area contributed by atoms with Gasteiger partial charge < -0.3 is 4.74 Å². The Morgan fingerprint density at radius 2 is 2.27 bits per heavy atom. The Kier molecular flexibility index (Phi) is 4.99. The Balaban J connectivity index is 2.40. The van der Waals surface area contributed by atoms with Gasteiger partial charge in [-0.05, 0) is 31.0 Å². The summed E-state index contributed by atoms with van der Waals surface area (Å²) in [5, 5.41) is 0. The van der Waals surface area contributed by atoms with E-state index in [2.05, 4.69) is 22.5 Å². The molecule has 0 aromatic heterocycles. The monoisotopic (exact) mass is 272 g/mol. The second-order valence-electron chi connectivity index (χ2n) is 3.50. The summed E-state index contributed by atoms with van der Waals surface area (Å²) in [7, 11) is 0. The first-order valence-corrected chi connectivity index (χ1v) is 5.55. The molecule has 0 atom stereocenters. The number of halogens is 2. The average Bonchev–Trinajstić information content (AvgIpc) is 2.14. The Hall–Kier alpha value is -0.670. The van der Waals surface area contributed by atoms with Gasteiger partial charge in [0.15, 0.2) is 0 Å². The highest BCUT2D eigenvalue weighted by molar-refractivity contribution is 9.10. The third-order valence-corrected chi connectivity index (χ3v) is 2.68. The molecule has 0 bridgehead atoms. The van der Waals surface area contributed by atoms with E-state index in [0.29, 0.717) is 13.2 Å². The van der Waals surface area contributed by atoms with Crippen LogP contribution >= 0.6 is 15.9 Å². The third kappa shape index (κ3) is 4.58. The summed E-state index contributed by atoms with van der Waals surface area (Å²) in [4.78, 5) is 0. The van der Waals surface area contributed by atoms with Gasteiger partial charge in [-0.3, -0.25) is 0 Å². The van der Waals surface area contributed by atoms with Crippen molar-refractivity contribution < 1.29 is 9.13 Å². The molecule has 0 aliphatic carbocycles. The molecule has 0 radical (unpaired) electrons. The summed E-state index contributed by atoms with van der Waals surface area (Å²) < 4.78 is 18.9. The maximum Gasteiger partial charge on any atom is 0.124 e. The summed E-state index contributed by atoms with van der Waals surface area (Å²) in [6, 6.07) is 4.60. The molecule has 0 saturated carbocycles. The van der Waals surface area contributed by atoms with Gasteiger partial charge in [0.2, 0.25) is 0 Å². The van der Waals surface area contributed by atoms with E-state index in [0.717, 1.165) is 22.0 Å². The fourth-order valence-electron chi connectivity index (χ4n) is 1.07. The first kappa shape index (κ1) is 12.4. The van der Waals surface area contributed by atoms with Gasteiger partial charge >= 0.3 is 0 Å². The minimum atomic E-state index is -0.243. The lowest BCUT2D eigenvalue weighted by molar-refractivity contribution is 0.123. The van der Waals surface area contributed by atoms with Crippen LogP contribution in [-0.4, -0.2) is 6.61 Å². The summed E-state index contributed by atoms with van der Waals surface area (Å²) in [5.74, 6) is -0.243. The molecule has 82 valence electrons. The van der Waals surface area contributed by atoms with Crippen LogP contribution in [0.1, 0.15) is 18.9 Å². The van der Waals surface area contributed by atoms with Crippen molar-refractivity contribution in [1.82, 2.24) is 0 Å². The van der Waals surface area contributed by atoms with Crippen molar-refractivity contribution in [2.45, 2.75) is 20.0 Å². The Morgan fingerprint density at radius 3 is 2.87 bits per heavy atom. The van der Waals surface area contributed by atoms with Crippen LogP contribution in [0.3, 0.4) is 0 Å². The van der Waals surface area contributed by atoms with Gasteiger partial charge in [0, 0.05) is 4.47 Å². The molecule has 1 aromatic carbocycles. The molecule has 0 saturated heterocycles. The number of hydrogen-bond donors (Lipinski definition) is 0. The molecular weight excluding hydrogens is 259 g/mol. The van der Waals surface area contributed by atoms with Crippen LogP contribution in [0.25, 0.3) is 0 Å². The van der Waals surface area contributed by atoms with Gasteiger partial charge in [-0.25, -0.2) is 4.39 Å². The Labute approximate surface area is 98.1 Å². The lowest BCUT2D eigenvalue weighted by atomic mass is 10.2. The Bertz CT molecular complexity index is 349. The van der Waals surface area contributed by atoms with Crippen molar-refractivity contribution in [1.29, 1.82) is 0 Å². The molecule has 0 amide bonds. The summed E-state index contributed by atoms with van der Waals surface area (Å²) in [5.41, 5.74) is 2.06. The normalized spacial score (nSPS) is 10.3. The fourth-order valence-corrected chi connectivity index (χ4v) is 1.53. The van der Waals surface area contributed by atoms with E-state index < -0.39 is 0 Å². The minimum absolute atomic E-state index is 0.243. The number of hydrogen-bond acceptors (Lipinski definition) is 1. The first-order valence-electron chi connectivity index (χ1n) is 4.75. The van der Waals surface area contributed by atoms with Crippen molar-refractivity contribution in [3.05, 3.63) is 46.2 Å². The summed E-state index contributed by atoms with van der Waals surface area (Å²) in [6.07, 6.45) is 0.860. The second kappa shape index (κ2) is 6.03. The molecule has 0 aliphatic rings. The minimum Gasteiger partial charge on any atom is -0.376 e. The topological polar surface area (TPSA) is 9.23 Å². The molecule has 0 heterocycles. The molecule has 1 rings (SSSR count). The van der Waals surface area contributed by atoms with Gasteiger partial charge in [0.05, 0.1) is 13.2 Å². The molecule has 1 aromatic rings. The van der Waals surface area contributed by atoms with Crippen molar-refractivity contribution in [2.24, 2.45) is 0 Å². The van der Waals surface area contributed by atoms with Gasteiger partial charge in [-0.1, -0.05) is 27.6 Å². The van der Waals surface area contributed by atoms with E-state index in [-0.39, 0.29) is 5.82 Å². The smallest absolute Gasteiger partial charge is 0.124 e. The molecule has 3 heteroatoms. The third-order valence-electron chi connectivity index (χ3n) is 1.95. The molecule has 15 heavy (non-hydrogen) atoms. The van der Waals surface area contributed by atoms with Crippen LogP contribution in [0.15, 0.2) is 34.8 Å². The first-order chi connectivity index (χ1) is 7.09. The highest BCUT2D eigenvalue weighted by Crippen LogP contribution is 2.18.